The van der Waals surface area contributed by atoms with Crippen LogP contribution in [0.5, 0.6) is 0 Å². The summed E-state index contributed by atoms with van der Waals surface area (Å²) in [4.78, 5) is 12.0. The summed E-state index contributed by atoms with van der Waals surface area (Å²) in [6.07, 6.45) is 2.38. The van der Waals surface area contributed by atoms with Gasteiger partial charge in [-0.1, -0.05) is 0 Å². The summed E-state index contributed by atoms with van der Waals surface area (Å²) in [7, 11) is 0. The Morgan fingerprint density at radius 3 is 2.60 bits per heavy atom. The molecule has 0 spiro atoms. The van der Waals surface area contributed by atoms with Crippen molar-refractivity contribution in [2.75, 3.05) is 6.54 Å². The third-order valence-electron chi connectivity index (χ3n) is 3.48. The summed E-state index contributed by atoms with van der Waals surface area (Å²) in [5, 5.41) is 7.26. The van der Waals surface area contributed by atoms with Gasteiger partial charge in [0.25, 0.3) is 5.91 Å². The second-order valence-electron chi connectivity index (χ2n) is 6.46. The Kier molecular flexibility index (Phi) is 5.21. The molecule has 0 aromatic carbocycles. The first-order chi connectivity index (χ1) is 8.79. The van der Waals surface area contributed by atoms with Crippen LogP contribution in [0.4, 0.5) is 0 Å². The molecule has 1 aromatic heterocycles. The van der Waals surface area contributed by atoms with Gasteiger partial charge < -0.3 is 11.1 Å². The summed E-state index contributed by atoms with van der Waals surface area (Å²) in [6, 6.07) is 1.90. The van der Waals surface area contributed by atoms with Crippen LogP contribution in [0.3, 0.4) is 0 Å². The molecule has 1 unspecified atom stereocenters. The standard InChI is InChI=1S/C14H24N4O.ClH/c1-9-7-12(17-18(9)14(2,3)4)13(19)16-8-11(15)10-5-6-10;/h7,10-11H,5-6,8,15H2,1-4H3,(H,16,19);1H. The van der Waals surface area contributed by atoms with Gasteiger partial charge in [0.05, 0.1) is 5.54 Å². The van der Waals surface area contributed by atoms with E-state index in [4.69, 9.17) is 5.73 Å². The van der Waals surface area contributed by atoms with Gasteiger partial charge in [-0.25, -0.2) is 0 Å². The highest BCUT2D eigenvalue weighted by molar-refractivity contribution is 5.92. The van der Waals surface area contributed by atoms with Crippen LogP contribution >= 0.6 is 12.4 Å². The molecular weight excluding hydrogens is 276 g/mol. The molecule has 1 atom stereocenters. The number of rotatable bonds is 4. The minimum Gasteiger partial charge on any atom is -0.349 e. The van der Waals surface area contributed by atoms with Gasteiger partial charge in [-0.2, -0.15) is 5.10 Å². The second-order valence-corrected chi connectivity index (χ2v) is 6.46. The van der Waals surface area contributed by atoms with Gasteiger partial charge in [0.1, 0.15) is 5.69 Å². The number of nitrogens with two attached hydrogens (primary N) is 1. The number of halogens is 1. The minimum absolute atomic E-state index is 0. The van der Waals surface area contributed by atoms with E-state index in [0.29, 0.717) is 18.2 Å². The van der Waals surface area contributed by atoms with Gasteiger partial charge in [0.2, 0.25) is 0 Å². The number of carbonyl (C=O) groups is 1. The maximum Gasteiger partial charge on any atom is 0.271 e. The van der Waals surface area contributed by atoms with E-state index in [1.54, 1.807) is 0 Å². The lowest BCUT2D eigenvalue weighted by atomic mass is 10.1. The lowest BCUT2D eigenvalue weighted by Crippen LogP contribution is -2.38. The number of carbonyl (C=O) groups excluding carboxylic acids is 1. The van der Waals surface area contributed by atoms with Crippen molar-refractivity contribution in [1.82, 2.24) is 15.1 Å². The van der Waals surface area contributed by atoms with Crippen LogP contribution in [0.2, 0.25) is 0 Å². The normalized spacial score (nSPS) is 16.4. The van der Waals surface area contributed by atoms with E-state index in [1.807, 2.05) is 17.7 Å². The van der Waals surface area contributed by atoms with Crippen LogP contribution in [0.1, 0.15) is 49.8 Å². The van der Waals surface area contributed by atoms with Crippen molar-refractivity contribution in [3.63, 3.8) is 0 Å². The number of nitrogens with zero attached hydrogens (tertiary/aromatic N) is 2. The van der Waals surface area contributed by atoms with E-state index < -0.39 is 0 Å². The van der Waals surface area contributed by atoms with Gasteiger partial charge in [-0.15, -0.1) is 12.4 Å². The number of hydrogen-bond acceptors (Lipinski definition) is 3. The van der Waals surface area contributed by atoms with Crippen LogP contribution in [-0.4, -0.2) is 28.3 Å². The topological polar surface area (TPSA) is 72.9 Å². The molecule has 114 valence electrons. The van der Waals surface area contributed by atoms with Gasteiger partial charge >= 0.3 is 0 Å². The molecule has 1 amide bonds. The zero-order valence-electron chi connectivity index (χ0n) is 12.6. The largest absolute Gasteiger partial charge is 0.349 e. The molecule has 1 saturated carbocycles. The molecule has 1 aliphatic carbocycles. The zero-order chi connectivity index (χ0) is 14.2. The fourth-order valence-corrected chi connectivity index (χ4v) is 2.26. The molecule has 20 heavy (non-hydrogen) atoms. The Morgan fingerprint density at radius 1 is 1.55 bits per heavy atom. The minimum atomic E-state index is -0.137. The molecular formula is C14H25ClN4O. The Labute approximate surface area is 126 Å². The molecule has 0 radical (unpaired) electrons. The number of hydrogen-bond donors (Lipinski definition) is 2. The highest BCUT2D eigenvalue weighted by Crippen LogP contribution is 2.31. The lowest BCUT2D eigenvalue weighted by Gasteiger charge is -2.21. The average molecular weight is 301 g/mol. The smallest absolute Gasteiger partial charge is 0.271 e. The van der Waals surface area contributed by atoms with Crippen LogP contribution in [-0.2, 0) is 5.54 Å². The summed E-state index contributed by atoms with van der Waals surface area (Å²) in [6.45, 7) is 8.70. The number of amides is 1. The van der Waals surface area contributed by atoms with Crippen LogP contribution in [0.25, 0.3) is 0 Å². The molecule has 1 fully saturated rings. The maximum absolute atomic E-state index is 12.0. The molecule has 2 rings (SSSR count). The van der Waals surface area contributed by atoms with Gasteiger partial charge in [-0.05, 0) is 52.5 Å². The summed E-state index contributed by atoms with van der Waals surface area (Å²) in [5.74, 6) is 0.455. The highest BCUT2D eigenvalue weighted by Gasteiger charge is 2.29. The van der Waals surface area contributed by atoms with Crippen molar-refractivity contribution in [3.05, 3.63) is 17.5 Å². The van der Waals surface area contributed by atoms with Crippen molar-refractivity contribution in [2.45, 2.75) is 52.1 Å². The lowest BCUT2D eigenvalue weighted by molar-refractivity contribution is 0.0943. The molecule has 1 aliphatic rings. The second kappa shape index (κ2) is 6.14. The van der Waals surface area contributed by atoms with E-state index in [-0.39, 0.29) is 29.9 Å². The van der Waals surface area contributed by atoms with E-state index >= 15 is 0 Å². The van der Waals surface area contributed by atoms with Crippen molar-refractivity contribution in [2.24, 2.45) is 11.7 Å². The van der Waals surface area contributed by atoms with Crippen molar-refractivity contribution in [3.8, 4) is 0 Å². The molecule has 3 N–H and O–H groups in total. The molecule has 0 saturated heterocycles. The molecule has 1 aromatic rings. The highest BCUT2D eigenvalue weighted by atomic mass is 35.5. The fraction of sp³-hybridized carbons (Fsp3) is 0.714. The molecule has 6 heteroatoms. The molecule has 5 nitrogen and oxygen atoms in total. The van der Waals surface area contributed by atoms with Gasteiger partial charge in [0, 0.05) is 18.3 Å². The number of nitrogens with one attached hydrogen (secondary N) is 1. The number of aromatic nitrogens is 2. The Balaban J connectivity index is 0.00000200. The SMILES string of the molecule is Cc1cc(C(=O)NCC(N)C2CC2)nn1C(C)(C)C.Cl. The van der Waals surface area contributed by atoms with Crippen LogP contribution < -0.4 is 11.1 Å². The third kappa shape index (κ3) is 3.96. The zero-order valence-corrected chi connectivity index (χ0v) is 13.5. The summed E-state index contributed by atoms with van der Waals surface area (Å²) >= 11 is 0. The molecule has 1 heterocycles. The first-order valence-electron chi connectivity index (χ1n) is 6.90. The van der Waals surface area contributed by atoms with Crippen molar-refractivity contribution in [1.29, 1.82) is 0 Å². The monoisotopic (exact) mass is 300 g/mol. The quantitative estimate of drug-likeness (QED) is 0.891. The Bertz CT molecular complexity index is 474. The van der Waals surface area contributed by atoms with E-state index in [0.717, 1.165) is 5.69 Å². The van der Waals surface area contributed by atoms with Crippen molar-refractivity contribution < 1.29 is 4.79 Å². The maximum atomic E-state index is 12.0. The average Bonchev–Trinajstić information content (AvgIpc) is 3.07. The van der Waals surface area contributed by atoms with E-state index in [1.165, 1.54) is 12.8 Å². The summed E-state index contributed by atoms with van der Waals surface area (Å²) in [5.41, 5.74) is 7.31. The predicted molar refractivity (Wildman–Crippen MR) is 82.2 cm³/mol. The molecule has 0 aliphatic heterocycles. The Hall–Kier alpha value is -1.07. The van der Waals surface area contributed by atoms with Gasteiger partial charge in [0.15, 0.2) is 0 Å². The van der Waals surface area contributed by atoms with Crippen molar-refractivity contribution >= 4 is 18.3 Å². The summed E-state index contributed by atoms with van der Waals surface area (Å²) < 4.78 is 1.88. The number of aryl methyl sites for hydroxylation is 1. The van der Waals surface area contributed by atoms with Crippen LogP contribution in [0.15, 0.2) is 6.07 Å². The van der Waals surface area contributed by atoms with E-state index in [9.17, 15) is 4.79 Å². The van der Waals surface area contributed by atoms with Crippen LogP contribution in [0, 0.1) is 12.8 Å². The first kappa shape index (κ1) is 17.0. The first-order valence-corrected chi connectivity index (χ1v) is 6.90. The fourth-order valence-electron chi connectivity index (χ4n) is 2.26. The predicted octanol–water partition coefficient (Wildman–Crippen LogP) is 1.84. The van der Waals surface area contributed by atoms with E-state index in [2.05, 4.69) is 31.2 Å². The third-order valence-corrected chi connectivity index (χ3v) is 3.48. The molecule has 0 bridgehead atoms. The Morgan fingerprint density at radius 2 is 2.15 bits per heavy atom. The van der Waals surface area contributed by atoms with Gasteiger partial charge in [-0.3, -0.25) is 9.48 Å².